The Morgan fingerprint density at radius 3 is 2.03 bits per heavy atom. The summed E-state index contributed by atoms with van der Waals surface area (Å²) in [7, 11) is 0. The fourth-order valence-corrected chi connectivity index (χ4v) is 3.52. The van der Waals surface area contributed by atoms with E-state index in [1.165, 1.54) is 18.2 Å². The molecular formula is C26H9F4N5. The monoisotopic (exact) mass is 467 g/mol. The van der Waals surface area contributed by atoms with Gasteiger partial charge in [-0.15, -0.1) is 0 Å². The number of rotatable bonds is 2. The number of halogens is 4. The Bertz CT molecular complexity index is 1710. The summed E-state index contributed by atoms with van der Waals surface area (Å²) in [4.78, 5) is 5.58. The van der Waals surface area contributed by atoms with Crippen molar-refractivity contribution in [2.45, 2.75) is 6.92 Å². The molecule has 0 radical (unpaired) electrons. The smallest absolute Gasteiger partial charge is 0.232 e. The second-order valence-electron chi connectivity index (χ2n) is 7.02. The van der Waals surface area contributed by atoms with Crippen LogP contribution in [0.25, 0.3) is 32.1 Å². The number of aryl methyl sites for hydroxylation is 1. The predicted octanol–water partition coefficient (Wildman–Crippen LogP) is 4.91. The molecule has 0 fully saturated rings. The lowest BCUT2D eigenvalue weighted by Gasteiger charge is -2.12. The van der Waals surface area contributed by atoms with Crippen molar-refractivity contribution in [1.82, 2.24) is 0 Å². The van der Waals surface area contributed by atoms with Gasteiger partial charge in [-0.1, -0.05) is 36.4 Å². The minimum Gasteiger partial charge on any atom is -0.232 e. The van der Waals surface area contributed by atoms with Crippen LogP contribution in [-0.2, 0) is 0 Å². The van der Waals surface area contributed by atoms with E-state index >= 15 is 0 Å². The van der Waals surface area contributed by atoms with Gasteiger partial charge in [-0.2, -0.15) is 10.5 Å². The van der Waals surface area contributed by atoms with Crippen LogP contribution < -0.4 is 10.4 Å². The first kappa shape index (κ1) is 24.2. The number of hydrogen-bond donors (Lipinski definition) is 0. The molecule has 0 aliphatic carbocycles. The van der Waals surface area contributed by atoms with Crippen molar-refractivity contribution in [2.24, 2.45) is 0 Å². The van der Waals surface area contributed by atoms with Gasteiger partial charge < -0.3 is 0 Å². The van der Waals surface area contributed by atoms with Crippen LogP contribution in [0.15, 0.2) is 36.4 Å². The van der Waals surface area contributed by atoms with Gasteiger partial charge in [0.25, 0.3) is 11.4 Å². The molecule has 5 nitrogen and oxygen atoms in total. The fraction of sp³-hybridized carbons (Fsp3) is 0.0385. The van der Waals surface area contributed by atoms with E-state index in [0.717, 1.165) is 6.07 Å². The van der Waals surface area contributed by atoms with E-state index in [4.69, 9.17) is 13.1 Å². The number of nitrogens with zero attached hydrogens (tertiary/aromatic N) is 5. The van der Waals surface area contributed by atoms with E-state index in [1.54, 1.807) is 31.2 Å². The maximum atomic E-state index is 14.8. The van der Waals surface area contributed by atoms with Crippen LogP contribution in [0.4, 0.5) is 23.2 Å². The van der Waals surface area contributed by atoms with Gasteiger partial charge in [0.05, 0.1) is 35.9 Å². The first-order valence-electron chi connectivity index (χ1n) is 9.55. The highest BCUT2D eigenvalue weighted by molar-refractivity contribution is 5.84. The Morgan fingerprint density at radius 2 is 1.51 bits per heavy atom. The van der Waals surface area contributed by atoms with Gasteiger partial charge in [0.2, 0.25) is 0 Å². The molecule has 0 aromatic heterocycles. The lowest BCUT2D eigenvalue weighted by molar-refractivity contribution is 0.457. The second-order valence-corrected chi connectivity index (χ2v) is 7.02. The van der Waals surface area contributed by atoms with Crippen LogP contribution in [-0.4, -0.2) is 0 Å². The lowest BCUT2D eigenvalue weighted by Crippen LogP contribution is -2.18. The van der Waals surface area contributed by atoms with Crippen LogP contribution in [0, 0.1) is 77.3 Å². The van der Waals surface area contributed by atoms with Crippen molar-refractivity contribution in [3.05, 3.63) is 110 Å². The highest BCUT2D eigenvalue weighted by Gasteiger charge is 2.28. The van der Waals surface area contributed by atoms with Gasteiger partial charge in [0, 0.05) is 10.8 Å². The van der Waals surface area contributed by atoms with Crippen molar-refractivity contribution in [1.29, 1.82) is 15.8 Å². The van der Waals surface area contributed by atoms with Gasteiger partial charge in [-0.05, 0) is 23.3 Å². The molecule has 0 amide bonds. The second kappa shape index (κ2) is 9.60. The molecule has 0 saturated carbocycles. The molecular weight excluding hydrogens is 458 g/mol. The predicted molar refractivity (Wildman–Crippen MR) is 117 cm³/mol. The largest absolute Gasteiger partial charge is 0.268 e. The maximum absolute atomic E-state index is 14.8. The van der Waals surface area contributed by atoms with Crippen LogP contribution in [0.1, 0.15) is 16.7 Å². The molecule has 9 heteroatoms. The lowest BCUT2D eigenvalue weighted by atomic mass is 9.91. The van der Waals surface area contributed by atoms with E-state index in [2.05, 4.69) is 9.69 Å². The first-order chi connectivity index (χ1) is 16.7. The standard InChI is InChI=1S/C26H9F4N5/c1-13-5-4-6-15(18(13)10-31)17-9-14(20(12-33)34-2)7-8-16(17)19(11-32)21-22(27)24(29)26(35-3)25(30)23(21)28/h4-9H,1H3/b19-16+,20-14+. The summed E-state index contributed by atoms with van der Waals surface area (Å²) in [5, 5.41) is 28.6. The normalized spacial score (nSPS) is 11.8. The number of benzene rings is 3. The fourth-order valence-electron chi connectivity index (χ4n) is 3.52. The van der Waals surface area contributed by atoms with E-state index in [-0.39, 0.29) is 32.8 Å². The highest BCUT2D eigenvalue weighted by Crippen LogP contribution is 2.33. The van der Waals surface area contributed by atoms with Gasteiger partial charge >= 0.3 is 0 Å². The zero-order chi connectivity index (χ0) is 25.9. The minimum atomic E-state index is -1.96. The summed E-state index contributed by atoms with van der Waals surface area (Å²) in [6.07, 6.45) is 0. The summed E-state index contributed by atoms with van der Waals surface area (Å²) >= 11 is 0. The van der Waals surface area contributed by atoms with Crippen LogP contribution >= 0.6 is 0 Å². The van der Waals surface area contributed by atoms with Crippen molar-refractivity contribution < 1.29 is 17.6 Å². The van der Waals surface area contributed by atoms with Crippen LogP contribution in [0.2, 0.25) is 0 Å². The number of hydrogen-bond acceptors (Lipinski definition) is 3. The van der Waals surface area contributed by atoms with E-state index in [1.807, 2.05) is 6.07 Å². The Morgan fingerprint density at radius 1 is 0.857 bits per heavy atom. The third kappa shape index (κ3) is 3.94. The summed E-state index contributed by atoms with van der Waals surface area (Å²) in [5.41, 5.74) is -3.11. The van der Waals surface area contributed by atoms with Crippen LogP contribution in [0.5, 0.6) is 0 Å². The van der Waals surface area contributed by atoms with Gasteiger partial charge in [-0.3, -0.25) is 0 Å². The first-order valence-corrected chi connectivity index (χ1v) is 9.55. The highest BCUT2D eigenvalue weighted by atomic mass is 19.2. The molecule has 3 rings (SSSR count). The molecule has 0 atom stereocenters. The molecule has 0 bridgehead atoms. The molecule has 0 aliphatic rings. The average molecular weight is 467 g/mol. The van der Waals surface area contributed by atoms with Crippen molar-refractivity contribution >= 4 is 17.0 Å². The zero-order valence-electron chi connectivity index (χ0n) is 17.7. The SMILES string of the molecule is [C-]#[N+]/C(C#N)=c1\cc/c(=C(/C#N)c2c(F)c(F)c([N+]#[C-])c(F)c2F)c(-c2cccc(C)c2C#N)c1. The molecule has 0 N–H and O–H groups in total. The third-order valence-electron chi connectivity index (χ3n) is 5.17. The minimum absolute atomic E-state index is 0.0181. The quantitative estimate of drug-likeness (QED) is 0.305. The van der Waals surface area contributed by atoms with Gasteiger partial charge in [0.15, 0.2) is 23.3 Å². The summed E-state index contributed by atoms with van der Waals surface area (Å²) in [5.74, 6) is -7.78. The molecule has 0 spiro atoms. The Balaban J connectivity index is 2.68. The van der Waals surface area contributed by atoms with Crippen molar-refractivity contribution in [3.8, 4) is 29.3 Å². The molecule has 0 saturated heterocycles. The zero-order valence-corrected chi connectivity index (χ0v) is 17.7. The molecule has 0 aliphatic heterocycles. The Labute approximate surface area is 196 Å². The third-order valence-corrected chi connectivity index (χ3v) is 5.17. The average Bonchev–Trinajstić information content (AvgIpc) is 2.86. The van der Waals surface area contributed by atoms with E-state index in [9.17, 15) is 33.3 Å². The molecule has 3 aromatic rings. The molecule has 0 heterocycles. The molecule has 166 valence electrons. The Hall–Kier alpha value is -5.43. The van der Waals surface area contributed by atoms with E-state index < -0.39 is 40.1 Å². The summed E-state index contributed by atoms with van der Waals surface area (Å²) in [6, 6.07) is 13.6. The molecule has 35 heavy (non-hydrogen) atoms. The summed E-state index contributed by atoms with van der Waals surface area (Å²) < 4.78 is 58.4. The van der Waals surface area contributed by atoms with Gasteiger partial charge in [-0.25, -0.2) is 32.5 Å². The van der Waals surface area contributed by atoms with Crippen LogP contribution in [0.3, 0.4) is 0 Å². The summed E-state index contributed by atoms with van der Waals surface area (Å²) in [6.45, 7) is 15.6. The van der Waals surface area contributed by atoms with Crippen molar-refractivity contribution in [3.63, 3.8) is 0 Å². The Kier molecular flexibility index (Phi) is 6.64. The number of nitriles is 3. The van der Waals surface area contributed by atoms with Crippen molar-refractivity contribution in [2.75, 3.05) is 0 Å². The van der Waals surface area contributed by atoms with Gasteiger partial charge in [0.1, 0.15) is 12.1 Å². The maximum Gasteiger partial charge on any atom is 0.268 e. The molecule has 0 unspecified atom stereocenters. The molecule has 3 aromatic carbocycles. The van der Waals surface area contributed by atoms with E-state index in [0.29, 0.717) is 5.56 Å². The topological polar surface area (TPSA) is 80.1 Å².